The van der Waals surface area contributed by atoms with E-state index in [9.17, 15) is 13.2 Å². The van der Waals surface area contributed by atoms with E-state index in [1.807, 2.05) is 26.0 Å². The summed E-state index contributed by atoms with van der Waals surface area (Å²) in [6, 6.07) is 12.1. The van der Waals surface area contributed by atoms with E-state index in [0.29, 0.717) is 33.9 Å². The van der Waals surface area contributed by atoms with Crippen molar-refractivity contribution < 1.29 is 17.9 Å². The van der Waals surface area contributed by atoms with E-state index >= 15 is 0 Å². The first-order valence-electron chi connectivity index (χ1n) is 11.6. The number of pyridine rings is 2. The molecule has 0 saturated carbocycles. The normalized spacial score (nSPS) is 19.5. The van der Waals surface area contributed by atoms with Crippen LogP contribution < -0.4 is 15.5 Å². The van der Waals surface area contributed by atoms with Gasteiger partial charge in [0.25, 0.3) is 5.91 Å². The number of amides is 1. The number of nitrogens with one attached hydrogen (secondary N) is 1. The van der Waals surface area contributed by atoms with Crippen molar-refractivity contribution in [1.29, 1.82) is 0 Å². The molecule has 1 N–H and O–H groups in total. The Hall–Kier alpha value is -3.76. The van der Waals surface area contributed by atoms with E-state index in [4.69, 9.17) is 4.74 Å². The molecule has 10 heteroatoms. The van der Waals surface area contributed by atoms with Gasteiger partial charge in [-0.15, -0.1) is 0 Å². The molecule has 0 aliphatic carbocycles. The lowest BCUT2D eigenvalue weighted by Crippen LogP contribution is -2.45. The Morgan fingerprint density at radius 3 is 2.56 bits per heavy atom. The number of anilines is 3. The number of carbonyl (C=O) groups is 1. The molecule has 1 amide bonds. The Kier molecular flexibility index (Phi) is 6.23. The van der Waals surface area contributed by atoms with Crippen LogP contribution in [0.1, 0.15) is 29.8 Å². The lowest BCUT2D eigenvalue weighted by atomic mass is 10.0. The Balaban J connectivity index is 1.49. The molecule has 2 aromatic heterocycles. The fraction of sp³-hybridized carbons (Fsp3) is 0.269. The van der Waals surface area contributed by atoms with Crippen LogP contribution in [-0.2, 0) is 14.6 Å². The highest BCUT2D eigenvalue weighted by atomic mass is 32.2. The van der Waals surface area contributed by atoms with Gasteiger partial charge in [0, 0.05) is 31.1 Å². The summed E-state index contributed by atoms with van der Waals surface area (Å²) in [4.78, 5) is 24.3. The monoisotopic (exact) mass is 504 g/mol. The van der Waals surface area contributed by atoms with E-state index in [1.165, 1.54) is 6.20 Å². The predicted octanol–water partition coefficient (Wildman–Crippen LogP) is 3.63. The topological polar surface area (TPSA) is 116 Å². The van der Waals surface area contributed by atoms with Crippen LogP contribution in [0.25, 0.3) is 17.3 Å². The quantitative estimate of drug-likeness (QED) is 0.560. The maximum absolute atomic E-state index is 12.6. The number of nitrogens with zero attached hydrogens (tertiary/aromatic N) is 4. The molecular weight excluding hydrogens is 478 g/mol. The number of aromatic nitrogens is 2. The number of benzene rings is 1. The average Bonchev–Trinajstić information content (AvgIpc) is 2.83. The Labute approximate surface area is 210 Å². The highest BCUT2D eigenvalue weighted by Crippen LogP contribution is 2.31. The van der Waals surface area contributed by atoms with Crippen LogP contribution in [-0.4, -0.2) is 55.8 Å². The van der Waals surface area contributed by atoms with Crippen molar-refractivity contribution in [3.8, 4) is 11.3 Å². The number of rotatable bonds is 5. The molecule has 2 atom stereocenters. The third-order valence-electron chi connectivity index (χ3n) is 6.02. The van der Waals surface area contributed by atoms with Gasteiger partial charge in [-0.3, -0.25) is 4.79 Å². The van der Waals surface area contributed by atoms with Gasteiger partial charge in [-0.05, 0) is 55.8 Å². The van der Waals surface area contributed by atoms with Crippen molar-refractivity contribution in [1.82, 2.24) is 15.3 Å². The van der Waals surface area contributed by atoms with E-state index in [2.05, 4.69) is 25.5 Å². The zero-order valence-corrected chi connectivity index (χ0v) is 21.0. The van der Waals surface area contributed by atoms with Crippen molar-refractivity contribution in [2.45, 2.75) is 31.0 Å². The van der Waals surface area contributed by atoms with Gasteiger partial charge in [-0.1, -0.05) is 12.1 Å². The summed E-state index contributed by atoms with van der Waals surface area (Å²) in [5.74, 6) is 0.770. The summed E-state index contributed by atoms with van der Waals surface area (Å²) in [6.45, 7) is 5.61. The highest BCUT2D eigenvalue weighted by Gasteiger charge is 2.24. The van der Waals surface area contributed by atoms with E-state index in [1.54, 1.807) is 42.6 Å². The van der Waals surface area contributed by atoms with E-state index in [0.717, 1.165) is 25.2 Å². The van der Waals surface area contributed by atoms with Gasteiger partial charge in [0.1, 0.15) is 11.6 Å². The molecule has 2 aliphatic rings. The number of morpholine rings is 1. The van der Waals surface area contributed by atoms with Crippen LogP contribution in [0.15, 0.2) is 59.8 Å². The fourth-order valence-electron chi connectivity index (χ4n) is 4.44. The molecule has 0 bridgehead atoms. The Morgan fingerprint density at radius 2 is 1.86 bits per heavy atom. The van der Waals surface area contributed by atoms with E-state index in [-0.39, 0.29) is 17.1 Å². The summed E-state index contributed by atoms with van der Waals surface area (Å²) in [7, 11) is -3.39. The van der Waals surface area contributed by atoms with Crippen LogP contribution in [0.2, 0.25) is 0 Å². The highest BCUT2D eigenvalue weighted by molar-refractivity contribution is 7.90. The molecule has 5 rings (SSSR count). The number of ether oxygens (including phenoxy) is 1. The van der Waals surface area contributed by atoms with Crippen LogP contribution >= 0.6 is 0 Å². The molecule has 36 heavy (non-hydrogen) atoms. The number of carbonyl (C=O) groups excluding carboxylic acids is 1. The van der Waals surface area contributed by atoms with Gasteiger partial charge in [-0.25, -0.2) is 23.7 Å². The summed E-state index contributed by atoms with van der Waals surface area (Å²) >= 11 is 0. The van der Waals surface area contributed by atoms with Crippen LogP contribution in [0.3, 0.4) is 0 Å². The third-order valence-corrected chi connectivity index (χ3v) is 7.13. The zero-order chi connectivity index (χ0) is 25.4. The average molecular weight is 505 g/mol. The van der Waals surface area contributed by atoms with Gasteiger partial charge in [0.05, 0.1) is 40.2 Å². The number of hydrogen-bond donors (Lipinski definition) is 1. The van der Waals surface area contributed by atoms with Crippen molar-refractivity contribution >= 4 is 39.1 Å². The second kappa shape index (κ2) is 9.36. The summed E-state index contributed by atoms with van der Waals surface area (Å²) in [5, 5.41) is 7.11. The second-order valence-corrected chi connectivity index (χ2v) is 11.1. The van der Waals surface area contributed by atoms with Gasteiger partial charge in [-0.2, -0.15) is 0 Å². The smallest absolute Gasteiger partial charge is 0.281 e. The SMILES string of the molecule is C[C@@H]1CN(c2ccc(Nc3nc(-c4cccc(S(C)(=O)=O)c4)cc4c3C(=O)[N]C=C4)cn2)C[C@H](C)O1. The predicted molar refractivity (Wildman–Crippen MR) is 138 cm³/mol. The summed E-state index contributed by atoms with van der Waals surface area (Å²) < 4.78 is 29.9. The summed E-state index contributed by atoms with van der Waals surface area (Å²) in [6.07, 6.45) is 6.29. The van der Waals surface area contributed by atoms with Gasteiger partial charge in [0.15, 0.2) is 9.84 Å². The standard InChI is InChI=1S/C26H26N5O4S/c1-16-14-31(15-17(2)35-16)23-8-7-20(13-28-23)29-25-24-19(9-10-27-26(24)32)12-22(30-25)18-5-4-6-21(11-18)36(3,33)34/h4-13,16-17H,14-15H2,1-3H3,(H,29,30)/t16-,17+. The fourth-order valence-corrected chi connectivity index (χ4v) is 5.11. The number of fused-ring (bicyclic) bond motifs is 1. The first kappa shape index (κ1) is 24.0. The number of hydrogen-bond acceptors (Lipinski definition) is 8. The summed E-state index contributed by atoms with van der Waals surface area (Å²) in [5.41, 5.74) is 2.80. The lowest BCUT2D eigenvalue weighted by molar-refractivity contribution is -0.00545. The van der Waals surface area contributed by atoms with Crippen molar-refractivity contribution in [2.24, 2.45) is 0 Å². The van der Waals surface area contributed by atoms with Gasteiger partial charge in [0.2, 0.25) is 0 Å². The number of sulfone groups is 1. The molecule has 1 fully saturated rings. The molecule has 3 aromatic rings. The van der Waals surface area contributed by atoms with Crippen molar-refractivity contribution in [2.75, 3.05) is 29.6 Å². The molecule has 1 aromatic carbocycles. The Morgan fingerprint density at radius 1 is 1.08 bits per heavy atom. The van der Waals surface area contributed by atoms with Crippen molar-refractivity contribution in [3.05, 3.63) is 66.0 Å². The minimum Gasteiger partial charge on any atom is -0.372 e. The second-order valence-electron chi connectivity index (χ2n) is 9.06. The molecule has 4 heterocycles. The minimum absolute atomic E-state index is 0.121. The molecule has 9 nitrogen and oxygen atoms in total. The first-order chi connectivity index (χ1) is 17.2. The van der Waals surface area contributed by atoms with Gasteiger partial charge < -0.3 is 15.0 Å². The molecule has 0 unspecified atom stereocenters. The van der Waals surface area contributed by atoms with Crippen LogP contribution in [0, 0.1) is 0 Å². The molecule has 1 radical (unpaired) electrons. The maximum Gasteiger partial charge on any atom is 0.281 e. The minimum atomic E-state index is -3.39. The Bertz CT molecular complexity index is 1440. The molecule has 185 valence electrons. The molecule has 1 saturated heterocycles. The molecular formula is C26H26N5O4S. The van der Waals surface area contributed by atoms with E-state index < -0.39 is 15.7 Å². The van der Waals surface area contributed by atoms with Gasteiger partial charge >= 0.3 is 0 Å². The maximum atomic E-state index is 12.6. The zero-order valence-electron chi connectivity index (χ0n) is 20.2. The van der Waals surface area contributed by atoms with Crippen LogP contribution in [0.5, 0.6) is 0 Å². The van der Waals surface area contributed by atoms with Crippen molar-refractivity contribution in [3.63, 3.8) is 0 Å². The van der Waals surface area contributed by atoms with Crippen LogP contribution in [0.4, 0.5) is 17.3 Å². The third kappa shape index (κ3) is 4.95. The molecule has 0 spiro atoms. The molecule has 2 aliphatic heterocycles. The largest absolute Gasteiger partial charge is 0.372 e. The first-order valence-corrected chi connectivity index (χ1v) is 13.5. The lowest BCUT2D eigenvalue weighted by Gasteiger charge is -2.36.